The zero-order valence-corrected chi connectivity index (χ0v) is 26.6. The highest BCUT2D eigenvalue weighted by Gasteiger charge is 2.23. The van der Waals surface area contributed by atoms with Crippen LogP contribution < -0.4 is 0 Å². The molecule has 0 aliphatic carbocycles. The first kappa shape index (κ1) is 26.5. The fourth-order valence-corrected chi connectivity index (χ4v) is 8.45. The van der Waals surface area contributed by atoms with Crippen LogP contribution in [0.15, 0.2) is 176 Å². The largest absolute Gasteiger partial charge is 0.309 e. The standard InChI is InChI=1S/C46H29N3/c1-3-14-31(15-4-1)47-38-22-10-7-18-33(38)35-21-13-25-42(45(35)47)49-40-24-12-9-20-37(40)44-41(49)29-27-30-26-28-36-34-19-8-11-23-39(34)48(46(36)43(30)44)32-16-5-2-6-17-32/h1-29H. The number of aromatic nitrogens is 3. The van der Waals surface area contributed by atoms with Crippen LogP contribution in [0.1, 0.15) is 0 Å². The molecule has 3 aromatic heterocycles. The number of para-hydroxylation sites is 6. The number of benzene rings is 8. The second kappa shape index (κ2) is 9.96. The second-order valence-electron chi connectivity index (χ2n) is 12.9. The van der Waals surface area contributed by atoms with E-state index in [1.807, 2.05) is 0 Å². The third kappa shape index (κ3) is 3.56. The Kier molecular flexibility index (Phi) is 5.38. The molecular weight excluding hydrogens is 595 g/mol. The molecule has 11 rings (SSSR count). The lowest BCUT2D eigenvalue weighted by Gasteiger charge is -2.14. The van der Waals surface area contributed by atoms with Crippen molar-refractivity contribution < 1.29 is 0 Å². The Morgan fingerprint density at radius 2 is 0.755 bits per heavy atom. The third-order valence-electron chi connectivity index (χ3n) is 10.4. The van der Waals surface area contributed by atoms with Gasteiger partial charge in [0.25, 0.3) is 0 Å². The predicted octanol–water partition coefficient (Wildman–Crippen LogP) is 12.1. The molecule has 0 fully saturated rings. The van der Waals surface area contributed by atoms with Crippen molar-refractivity contribution in [2.75, 3.05) is 0 Å². The van der Waals surface area contributed by atoms with Gasteiger partial charge in [0.1, 0.15) is 0 Å². The minimum atomic E-state index is 1.15. The predicted molar refractivity (Wildman–Crippen MR) is 207 cm³/mol. The van der Waals surface area contributed by atoms with Crippen LogP contribution in [0.2, 0.25) is 0 Å². The minimum Gasteiger partial charge on any atom is -0.309 e. The van der Waals surface area contributed by atoms with Crippen LogP contribution in [0.3, 0.4) is 0 Å². The van der Waals surface area contributed by atoms with Crippen molar-refractivity contribution in [3.63, 3.8) is 0 Å². The van der Waals surface area contributed by atoms with Gasteiger partial charge >= 0.3 is 0 Å². The molecule has 3 heteroatoms. The lowest BCUT2D eigenvalue weighted by atomic mass is 10.0. The molecule has 0 unspecified atom stereocenters. The maximum absolute atomic E-state index is 2.50. The summed E-state index contributed by atoms with van der Waals surface area (Å²) in [6, 6.07) is 64.1. The normalized spacial score (nSPS) is 12.1. The van der Waals surface area contributed by atoms with Gasteiger partial charge in [0.15, 0.2) is 0 Å². The van der Waals surface area contributed by atoms with E-state index < -0.39 is 0 Å². The number of rotatable bonds is 3. The Hall–Kier alpha value is -6.58. The van der Waals surface area contributed by atoms with Gasteiger partial charge in [0.2, 0.25) is 0 Å². The number of hydrogen-bond acceptors (Lipinski definition) is 0. The van der Waals surface area contributed by atoms with Crippen LogP contribution in [0.4, 0.5) is 0 Å². The van der Waals surface area contributed by atoms with Crippen LogP contribution in [-0.4, -0.2) is 13.7 Å². The van der Waals surface area contributed by atoms with Gasteiger partial charge < -0.3 is 13.7 Å². The number of hydrogen-bond donors (Lipinski definition) is 0. The van der Waals surface area contributed by atoms with Gasteiger partial charge in [0, 0.05) is 49.1 Å². The van der Waals surface area contributed by atoms with E-state index >= 15 is 0 Å². The molecule has 0 radical (unpaired) electrons. The molecule has 0 saturated carbocycles. The average molecular weight is 624 g/mol. The van der Waals surface area contributed by atoms with Crippen LogP contribution >= 0.6 is 0 Å². The van der Waals surface area contributed by atoms with E-state index in [1.54, 1.807) is 0 Å². The van der Waals surface area contributed by atoms with Crippen LogP contribution in [-0.2, 0) is 0 Å². The van der Waals surface area contributed by atoms with Crippen molar-refractivity contribution in [1.29, 1.82) is 0 Å². The van der Waals surface area contributed by atoms with E-state index in [0.29, 0.717) is 0 Å². The first-order valence-corrected chi connectivity index (χ1v) is 16.9. The first-order chi connectivity index (χ1) is 24.4. The molecule has 3 nitrogen and oxygen atoms in total. The SMILES string of the molecule is c1ccc(-n2c3ccccc3c3cccc(-n4c5ccccc5c5c6c(ccc7c8ccccc8n(-c8ccccc8)c76)ccc54)c32)cc1. The lowest BCUT2D eigenvalue weighted by molar-refractivity contribution is 1.13. The zero-order valence-electron chi connectivity index (χ0n) is 26.6. The average Bonchev–Trinajstić information content (AvgIpc) is 3.81. The lowest BCUT2D eigenvalue weighted by Crippen LogP contribution is -2.00. The van der Waals surface area contributed by atoms with E-state index in [9.17, 15) is 0 Å². The van der Waals surface area contributed by atoms with Crippen molar-refractivity contribution in [2.24, 2.45) is 0 Å². The number of nitrogens with zero attached hydrogens (tertiary/aromatic N) is 3. The highest BCUT2D eigenvalue weighted by Crippen LogP contribution is 2.45. The highest BCUT2D eigenvalue weighted by molar-refractivity contribution is 6.31. The van der Waals surface area contributed by atoms with Crippen molar-refractivity contribution >= 4 is 76.2 Å². The molecule has 0 atom stereocenters. The molecule has 11 aromatic rings. The number of fused-ring (bicyclic) bond motifs is 12. The summed E-state index contributed by atoms with van der Waals surface area (Å²) in [5, 5.41) is 10.1. The molecule has 8 aromatic carbocycles. The van der Waals surface area contributed by atoms with E-state index in [0.717, 1.165) is 5.69 Å². The molecule has 3 heterocycles. The molecule has 0 amide bonds. The van der Waals surface area contributed by atoms with E-state index in [2.05, 4.69) is 190 Å². The van der Waals surface area contributed by atoms with Gasteiger partial charge in [0.05, 0.1) is 38.8 Å². The molecule has 0 bridgehead atoms. The fourth-order valence-electron chi connectivity index (χ4n) is 8.45. The maximum atomic E-state index is 2.50. The van der Waals surface area contributed by atoms with Crippen LogP contribution in [0.5, 0.6) is 0 Å². The smallest absolute Gasteiger partial charge is 0.0782 e. The molecule has 0 saturated heterocycles. The van der Waals surface area contributed by atoms with Gasteiger partial charge in [-0.05, 0) is 60.0 Å². The Labute approximate surface area is 282 Å². The van der Waals surface area contributed by atoms with Crippen molar-refractivity contribution in [2.45, 2.75) is 0 Å². The Bertz CT molecular complexity index is 3090. The summed E-state index contributed by atoms with van der Waals surface area (Å²) in [4.78, 5) is 0. The Morgan fingerprint density at radius 1 is 0.265 bits per heavy atom. The fraction of sp³-hybridized carbons (Fsp3) is 0. The third-order valence-corrected chi connectivity index (χ3v) is 10.4. The molecular formula is C46H29N3. The van der Waals surface area contributed by atoms with Gasteiger partial charge in [-0.1, -0.05) is 121 Å². The Morgan fingerprint density at radius 3 is 1.41 bits per heavy atom. The van der Waals surface area contributed by atoms with Gasteiger partial charge in [-0.25, -0.2) is 0 Å². The zero-order chi connectivity index (χ0) is 32.1. The molecule has 0 aliphatic heterocycles. The molecule has 0 aliphatic rings. The van der Waals surface area contributed by atoms with Crippen LogP contribution in [0.25, 0.3) is 93.3 Å². The second-order valence-corrected chi connectivity index (χ2v) is 12.9. The molecule has 0 N–H and O–H groups in total. The molecule has 49 heavy (non-hydrogen) atoms. The van der Waals surface area contributed by atoms with Crippen molar-refractivity contribution in [3.8, 4) is 17.1 Å². The summed E-state index contributed by atoms with van der Waals surface area (Å²) < 4.78 is 7.40. The monoisotopic (exact) mass is 623 g/mol. The quantitative estimate of drug-likeness (QED) is 0.186. The molecule has 228 valence electrons. The van der Waals surface area contributed by atoms with Crippen molar-refractivity contribution in [3.05, 3.63) is 176 Å². The van der Waals surface area contributed by atoms with Crippen LogP contribution in [0, 0.1) is 0 Å². The first-order valence-electron chi connectivity index (χ1n) is 16.9. The summed E-state index contributed by atoms with van der Waals surface area (Å²) >= 11 is 0. The van der Waals surface area contributed by atoms with E-state index in [-0.39, 0.29) is 0 Å². The van der Waals surface area contributed by atoms with Crippen molar-refractivity contribution in [1.82, 2.24) is 13.7 Å². The molecule has 0 spiro atoms. The van der Waals surface area contributed by atoms with E-state index in [1.165, 1.54) is 87.6 Å². The summed E-state index contributed by atoms with van der Waals surface area (Å²) in [7, 11) is 0. The summed E-state index contributed by atoms with van der Waals surface area (Å²) in [6.45, 7) is 0. The maximum Gasteiger partial charge on any atom is 0.0782 e. The van der Waals surface area contributed by atoms with Gasteiger partial charge in [-0.15, -0.1) is 0 Å². The Balaban J connectivity index is 1.36. The summed E-state index contributed by atoms with van der Waals surface area (Å²) in [5.41, 5.74) is 10.7. The summed E-state index contributed by atoms with van der Waals surface area (Å²) in [5.74, 6) is 0. The van der Waals surface area contributed by atoms with E-state index in [4.69, 9.17) is 0 Å². The summed E-state index contributed by atoms with van der Waals surface area (Å²) in [6.07, 6.45) is 0. The van der Waals surface area contributed by atoms with Gasteiger partial charge in [-0.3, -0.25) is 0 Å². The van der Waals surface area contributed by atoms with Gasteiger partial charge in [-0.2, -0.15) is 0 Å². The highest BCUT2D eigenvalue weighted by atomic mass is 15.1. The minimum absolute atomic E-state index is 1.15. The topological polar surface area (TPSA) is 14.8 Å².